The second-order valence-electron chi connectivity index (χ2n) is 3.19. The van der Waals surface area contributed by atoms with Gasteiger partial charge in [-0.1, -0.05) is 30.3 Å². The predicted octanol–water partition coefficient (Wildman–Crippen LogP) is 1.64. The molecule has 1 N–H and O–H groups in total. The third-order valence-electron chi connectivity index (χ3n) is 1.93. The molecular weight excluding hydrogens is 222 g/mol. The third kappa shape index (κ3) is 5.55. The second-order valence-corrected chi connectivity index (χ2v) is 3.19. The standard InChI is InChI=1S/C12H14NO4/c1-16-11(14)7-8-13-12(15)17-9-10-5-3-2-4-6-10/h2-6,8H,7,9H2,1H3,(H,13,15). The van der Waals surface area contributed by atoms with Crippen molar-refractivity contribution in [1.82, 2.24) is 5.32 Å². The Morgan fingerprint density at radius 3 is 2.65 bits per heavy atom. The minimum atomic E-state index is -0.599. The molecule has 0 bridgehead atoms. The summed E-state index contributed by atoms with van der Waals surface area (Å²) >= 11 is 0. The minimum absolute atomic E-state index is 0.0109. The van der Waals surface area contributed by atoms with E-state index in [1.165, 1.54) is 13.7 Å². The maximum atomic E-state index is 11.2. The maximum Gasteiger partial charge on any atom is 0.407 e. The molecule has 17 heavy (non-hydrogen) atoms. The van der Waals surface area contributed by atoms with Crippen LogP contribution in [0.2, 0.25) is 0 Å². The number of rotatable bonds is 5. The SMILES string of the molecule is COC(=O)C[CH]NC(=O)OCc1ccccc1. The van der Waals surface area contributed by atoms with E-state index in [9.17, 15) is 9.59 Å². The molecule has 1 aromatic carbocycles. The molecule has 1 aromatic rings. The quantitative estimate of drug-likeness (QED) is 0.789. The fourth-order valence-corrected chi connectivity index (χ4v) is 1.07. The number of benzene rings is 1. The van der Waals surface area contributed by atoms with Crippen LogP contribution in [0.3, 0.4) is 0 Å². The Morgan fingerprint density at radius 2 is 2.00 bits per heavy atom. The van der Waals surface area contributed by atoms with Gasteiger partial charge in [0.2, 0.25) is 0 Å². The molecule has 91 valence electrons. The molecule has 1 radical (unpaired) electrons. The summed E-state index contributed by atoms with van der Waals surface area (Å²) < 4.78 is 9.31. The summed E-state index contributed by atoms with van der Waals surface area (Å²) in [6.45, 7) is 1.48. The van der Waals surface area contributed by atoms with Crippen LogP contribution in [0.1, 0.15) is 12.0 Å². The second kappa shape index (κ2) is 7.27. The van der Waals surface area contributed by atoms with Gasteiger partial charge in [-0.2, -0.15) is 0 Å². The van der Waals surface area contributed by atoms with Crippen molar-refractivity contribution < 1.29 is 19.1 Å². The van der Waals surface area contributed by atoms with Crippen molar-refractivity contribution in [3.05, 3.63) is 42.4 Å². The third-order valence-corrected chi connectivity index (χ3v) is 1.93. The van der Waals surface area contributed by atoms with Crippen LogP contribution in [-0.4, -0.2) is 19.2 Å². The van der Waals surface area contributed by atoms with Gasteiger partial charge < -0.3 is 14.8 Å². The topological polar surface area (TPSA) is 64.6 Å². The van der Waals surface area contributed by atoms with Gasteiger partial charge in [0.15, 0.2) is 0 Å². The highest BCUT2D eigenvalue weighted by Gasteiger charge is 2.04. The Balaban J connectivity index is 2.16. The van der Waals surface area contributed by atoms with Crippen LogP contribution in [0.15, 0.2) is 30.3 Å². The zero-order valence-corrected chi connectivity index (χ0v) is 9.51. The number of hydrogen-bond donors (Lipinski definition) is 1. The lowest BCUT2D eigenvalue weighted by molar-refractivity contribution is -0.139. The summed E-state index contributed by atoms with van der Waals surface area (Å²) in [6.07, 6.45) is -0.588. The van der Waals surface area contributed by atoms with Crippen molar-refractivity contribution in [2.24, 2.45) is 0 Å². The molecule has 0 saturated carbocycles. The van der Waals surface area contributed by atoms with Crippen molar-refractivity contribution in [2.75, 3.05) is 7.11 Å². The number of nitrogens with one attached hydrogen (secondary N) is 1. The molecule has 5 heteroatoms. The van der Waals surface area contributed by atoms with Gasteiger partial charge in [0.1, 0.15) is 6.61 Å². The van der Waals surface area contributed by atoms with Crippen LogP contribution < -0.4 is 5.32 Å². The van der Waals surface area contributed by atoms with E-state index < -0.39 is 12.1 Å². The zero-order valence-electron chi connectivity index (χ0n) is 9.51. The summed E-state index contributed by atoms with van der Waals surface area (Å²) in [6, 6.07) is 9.31. The lowest BCUT2D eigenvalue weighted by atomic mass is 10.2. The lowest BCUT2D eigenvalue weighted by Gasteiger charge is -2.05. The summed E-state index contributed by atoms with van der Waals surface area (Å²) in [7, 11) is 1.28. The van der Waals surface area contributed by atoms with Gasteiger partial charge in [-0.25, -0.2) is 4.79 Å². The number of carbonyl (C=O) groups excluding carboxylic acids is 2. The molecule has 0 spiro atoms. The highest BCUT2D eigenvalue weighted by atomic mass is 16.5. The van der Waals surface area contributed by atoms with Crippen LogP contribution in [0.25, 0.3) is 0 Å². The fraction of sp³-hybridized carbons (Fsp3) is 0.250. The average molecular weight is 236 g/mol. The number of amides is 1. The Morgan fingerprint density at radius 1 is 1.29 bits per heavy atom. The van der Waals surface area contributed by atoms with Crippen LogP contribution in [-0.2, 0) is 20.9 Å². The molecule has 0 aliphatic heterocycles. The highest BCUT2D eigenvalue weighted by Crippen LogP contribution is 2.00. The number of methoxy groups -OCH3 is 1. The van der Waals surface area contributed by atoms with Gasteiger partial charge in [-0.05, 0) is 5.56 Å². The molecular formula is C12H14NO4. The summed E-state index contributed by atoms with van der Waals surface area (Å²) in [5.41, 5.74) is 0.899. The minimum Gasteiger partial charge on any atom is -0.469 e. The van der Waals surface area contributed by atoms with Crippen LogP contribution in [0.4, 0.5) is 4.79 Å². The van der Waals surface area contributed by atoms with Gasteiger partial charge in [-0.15, -0.1) is 0 Å². The Bertz CT molecular complexity index is 364. The monoisotopic (exact) mass is 236 g/mol. The van der Waals surface area contributed by atoms with Crippen LogP contribution in [0.5, 0.6) is 0 Å². The van der Waals surface area contributed by atoms with E-state index in [0.29, 0.717) is 0 Å². The van der Waals surface area contributed by atoms with Crippen molar-refractivity contribution in [3.8, 4) is 0 Å². The molecule has 0 fully saturated rings. The number of esters is 1. The van der Waals surface area contributed by atoms with Gasteiger partial charge in [-0.3, -0.25) is 4.79 Å². The molecule has 0 aliphatic rings. The molecule has 0 atom stereocenters. The van der Waals surface area contributed by atoms with E-state index in [1.807, 2.05) is 30.3 Å². The van der Waals surface area contributed by atoms with Crippen molar-refractivity contribution in [3.63, 3.8) is 0 Å². The van der Waals surface area contributed by atoms with Gasteiger partial charge in [0, 0.05) is 0 Å². The van der Waals surface area contributed by atoms with E-state index in [0.717, 1.165) is 5.56 Å². The molecule has 1 rings (SSSR count). The largest absolute Gasteiger partial charge is 0.469 e. The molecule has 0 heterocycles. The number of ether oxygens (including phenoxy) is 2. The van der Waals surface area contributed by atoms with Gasteiger partial charge in [0.05, 0.1) is 20.1 Å². The van der Waals surface area contributed by atoms with Gasteiger partial charge >= 0.3 is 12.1 Å². The Hall–Kier alpha value is -2.04. The first-order valence-electron chi connectivity index (χ1n) is 5.08. The molecule has 0 aromatic heterocycles. The first-order chi connectivity index (χ1) is 8.22. The van der Waals surface area contributed by atoms with E-state index in [-0.39, 0.29) is 13.0 Å². The normalized spacial score (nSPS) is 9.47. The number of alkyl carbamates (subject to hydrolysis) is 1. The van der Waals surface area contributed by atoms with Gasteiger partial charge in [0.25, 0.3) is 0 Å². The maximum absolute atomic E-state index is 11.2. The van der Waals surface area contributed by atoms with E-state index in [2.05, 4.69) is 10.1 Å². The predicted molar refractivity (Wildman–Crippen MR) is 60.7 cm³/mol. The van der Waals surface area contributed by atoms with Crippen molar-refractivity contribution in [1.29, 1.82) is 0 Å². The summed E-state index contributed by atoms with van der Waals surface area (Å²) in [5, 5.41) is 2.33. The Labute approximate surface area is 99.7 Å². The molecule has 0 unspecified atom stereocenters. The Kier molecular flexibility index (Phi) is 5.57. The molecule has 5 nitrogen and oxygen atoms in total. The van der Waals surface area contributed by atoms with E-state index >= 15 is 0 Å². The molecule has 0 saturated heterocycles. The lowest BCUT2D eigenvalue weighted by Crippen LogP contribution is -2.23. The van der Waals surface area contributed by atoms with E-state index in [1.54, 1.807) is 0 Å². The van der Waals surface area contributed by atoms with E-state index in [4.69, 9.17) is 4.74 Å². The van der Waals surface area contributed by atoms with Crippen LogP contribution >= 0.6 is 0 Å². The zero-order chi connectivity index (χ0) is 12.5. The fourth-order valence-electron chi connectivity index (χ4n) is 1.07. The van der Waals surface area contributed by atoms with Crippen molar-refractivity contribution in [2.45, 2.75) is 13.0 Å². The number of hydrogen-bond acceptors (Lipinski definition) is 4. The first-order valence-corrected chi connectivity index (χ1v) is 5.08. The summed E-state index contributed by atoms with van der Waals surface area (Å²) in [5.74, 6) is -0.423. The first kappa shape index (κ1) is 13.0. The van der Waals surface area contributed by atoms with Crippen molar-refractivity contribution >= 4 is 12.1 Å². The average Bonchev–Trinajstić information content (AvgIpc) is 2.37. The van der Waals surface area contributed by atoms with Crippen LogP contribution in [0, 0.1) is 6.54 Å². The highest BCUT2D eigenvalue weighted by molar-refractivity contribution is 5.73. The molecule has 0 aliphatic carbocycles. The summed E-state index contributed by atoms with van der Waals surface area (Å²) in [4.78, 5) is 21.9. The smallest absolute Gasteiger partial charge is 0.407 e. The number of carbonyl (C=O) groups is 2. The molecule has 1 amide bonds.